The predicted octanol–water partition coefficient (Wildman–Crippen LogP) is 3.05. The van der Waals surface area contributed by atoms with Crippen molar-refractivity contribution in [1.82, 2.24) is 5.32 Å². The van der Waals surface area contributed by atoms with Gasteiger partial charge < -0.3 is 15.2 Å². The maximum atomic E-state index is 9.70. The van der Waals surface area contributed by atoms with Crippen molar-refractivity contribution in [3.8, 4) is 11.5 Å². The molecule has 2 N–H and O–H groups in total. The molecule has 0 saturated heterocycles. The molecule has 0 aromatic heterocycles. The minimum absolute atomic E-state index is 0.156. The zero-order valence-corrected chi connectivity index (χ0v) is 12.0. The number of aromatic hydroxyl groups is 1. The Kier molecular flexibility index (Phi) is 3.36. The van der Waals surface area contributed by atoms with E-state index in [0.717, 1.165) is 12.1 Å². The summed E-state index contributed by atoms with van der Waals surface area (Å²) in [6, 6.07) is 4.38. The fraction of sp³-hybridized carbons (Fsp3) is 0.538. The van der Waals surface area contributed by atoms with Crippen LogP contribution >= 0.6 is 15.9 Å². The van der Waals surface area contributed by atoms with Crippen LogP contribution in [0.1, 0.15) is 25.8 Å². The summed E-state index contributed by atoms with van der Waals surface area (Å²) in [5, 5.41) is 13.2. The number of methoxy groups -OCH3 is 1. The van der Waals surface area contributed by atoms with Crippen molar-refractivity contribution < 1.29 is 9.84 Å². The van der Waals surface area contributed by atoms with Crippen LogP contribution in [0.25, 0.3) is 0 Å². The molecule has 0 aliphatic heterocycles. The molecule has 2 rings (SSSR count). The van der Waals surface area contributed by atoms with Crippen molar-refractivity contribution in [3.63, 3.8) is 0 Å². The number of phenols is 1. The van der Waals surface area contributed by atoms with Gasteiger partial charge in [0.1, 0.15) is 0 Å². The van der Waals surface area contributed by atoms with Crippen LogP contribution in [0.2, 0.25) is 0 Å². The second-order valence-electron chi connectivity index (χ2n) is 5.25. The van der Waals surface area contributed by atoms with Gasteiger partial charge in [-0.3, -0.25) is 0 Å². The van der Waals surface area contributed by atoms with Crippen LogP contribution in [0.15, 0.2) is 16.6 Å². The highest BCUT2D eigenvalue weighted by molar-refractivity contribution is 9.10. The van der Waals surface area contributed by atoms with Crippen molar-refractivity contribution in [2.45, 2.75) is 32.9 Å². The standard InChI is InChI=1S/C13H18BrNO2/c1-13(2)6-11(13)15-7-8-4-9(14)12(16)10(5-8)17-3/h4-5,11,15-16H,6-7H2,1-3H3. The number of ether oxygens (including phenoxy) is 1. The van der Waals surface area contributed by atoms with Crippen LogP contribution in [0.3, 0.4) is 0 Å². The molecule has 0 amide bonds. The van der Waals surface area contributed by atoms with Crippen LogP contribution in [0.4, 0.5) is 0 Å². The second kappa shape index (κ2) is 4.50. The molecule has 1 aliphatic carbocycles. The van der Waals surface area contributed by atoms with Crippen LogP contribution in [0, 0.1) is 5.41 Å². The largest absolute Gasteiger partial charge is 0.503 e. The molecule has 1 fully saturated rings. The molecule has 1 atom stereocenters. The van der Waals surface area contributed by atoms with Crippen LogP contribution < -0.4 is 10.1 Å². The fourth-order valence-electron chi connectivity index (χ4n) is 1.94. The zero-order valence-electron chi connectivity index (χ0n) is 10.4. The molecule has 1 aliphatic rings. The first-order valence-corrected chi connectivity index (χ1v) is 6.52. The maximum absolute atomic E-state index is 9.70. The number of rotatable bonds is 4. The van der Waals surface area contributed by atoms with Crippen molar-refractivity contribution in [2.75, 3.05) is 7.11 Å². The van der Waals surface area contributed by atoms with E-state index >= 15 is 0 Å². The van der Waals surface area contributed by atoms with E-state index in [1.807, 2.05) is 12.1 Å². The van der Waals surface area contributed by atoms with Gasteiger partial charge in [0, 0.05) is 12.6 Å². The number of benzene rings is 1. The average Bonchev–Trinajstić information content (AvgIpc) is 2.88. The van der Waals surface area contributed by atoms with Gasteiger partial charge in [0.15, 0.2) is 11.5 Å². The molecule has 1 saturated carbocycles. The van der Waals surface area contributed by atoms with Gasteiger partial charge in [-0.2, -0.15) is 0 Å². The first kappa shape index (κ1) is 12.7. The minimum Gasteiger partial charge on any atom is -0.503 e. The summed E-state index contributed by atoms with van der Waals surface area (Å²) in [6.45, 7) is 5.32. The summed E-state index contributed by atoms with van der Waals surface area (Å²) in [5.41, 5.74) is 1.53. The van der Waals surface area contributed by atoms with Gasteiger partial charge in [-0.05, 0) is 45.5 Å². The monoisotopic (exact) mass is 299 g/mol. The molecular formula is C13H18BrNO2. The lowest BCUT2D eigenvalue weighted by Crippen LogP contribution is -2.19. The number of nitrogens with one attached hydrogen (secondary N) is 1. The normalized spacial score (nSPS) is 21.3. The molecule has 1 aromatic rings. The Bertz CT molecular complexity index is 432. The van der Waals surface area contributed by atoms with Gasteiger partial charge in [0.2, 0.25) is 0 Å². The Morgan fingerprint density at radius 2 is 2.18 bits per heavy atom. The van der Waals surface area contributed by atoms with E-state index in [1.165, 1.54) is 6.42 Å². The molecule has 4 heteroatoms. The topological polar surface area (TPSA) is 41.5 Å². The molecule has 0 bridgehead atoms. The van der Waals surface area contributed by atoms with Gasteiger partial charge >= 0.3 is 0 Å². The third-order valence-corrected chi connectivity index (χ3v) is 3.98. The lowest BCUT2D eigenvalue weighted by atomic mass is 10.1. The summed E-state index contributed by atoms with van der Waals surface area (Å²) in [4.78, 5) is 0. The van der Waals surface area contributed by atoms with Crippen molar-refractivity contribution in [1.29, 1.82) is 0 Å². The Labute approximate surface area is 110 Å². The van der Waals surface area contributed by atoms with Gasteiger partial charge in [0.25, 0.3) is 0 Å². The molecule has 94 valence electrons. The lowest BCUT2D eigenvalue weighted by molar-refractivity contribution is 0.371. The number of phenolic OH excluding ortho intramolecular Hbond substituents is 1. The van der Waals surface area contributed by atoms with Crippen molar-refractivity contribution in [3.05, 3.63) is 22.2 Å². The summed E-state index contributed by atoms with van der Waals surface area (Å²) < 4.78 is 5.79. The van der Waals surface area contributed by atoms with Gasteiger partial charge in [-0.25, -0.2) is 0 Å². The number of halogens is 1. The highest BCUT2D eigenvalue weighted by atomic mass is 79.9. The first-order valence-electron chi connectivity index (χ1n) is 5.73. The van der Waals surface area contributed by atoms with E-state index in [9.17, 15) is 5.11 Å². The van der Waals surface area contributed by atoms with Crippen molar-refractivity contribution >= 4 is 15.9 Å². The lowest BCUT2D eigenvalue weighted by Gasteiger charge is -2.10. The minimum atomic E-state index is 0.156. The first-order chi connectivity index (χ1) is 7.94. The Morgan fingerprint density at radius 3 is 2.71 bits per heavy atom. The van der Waals surface area contributed by atoms with E-state index in [2.05, 4.69) is 35.1 Å². The molecule has 0 spiro atoms. The molecular weight excluding hydrogens is 282 g/mol. The number of hydrogen-bond acceptors (Lipinski definition) is 3. The van der Waals surface area contributed by atoms with Crippen LogP contribution in [-0.4, -0.2) is 18.3 Å². The number of hydrogen-bond donors (Lipinski definition) is 2. The van der Waals surface area contributed by atoms with Gasteiger partial charge in [0.05, 0.1) is 11.6 Å². The van der Waals surface area contributed by atoms with Gasteiger partial charge in [-0.15, -0.1) is 0 Å². The Hall–Kier alpha value is -0.740. The summed E-state index contributed by atoms with van der Waals surface area (Å²) in [6.07, 6.45) is 1.23. The predicted molar refractivity (Wildman–Crippen MR) is 71.4 cm³/mol. The van der Waals surface area contributed by atoms with Crippen molar-refractivity contribution in [2.24, 2.45) is 5.41 Å². The molecule has 3 nitrogen and oxygen atoms in total. The van der Waals surface area contributed by atoms with E-state index in [4.69, 9.17) is 4.74 Å². The van der Waals surface area contributed by atoms with E-state index < -0.39 is 0 Å². The van der Waals surface area contributed by atoms with Gasteiger partial charge in [-0.1, -0.05) is 13.8 Å². The maximum Gasteiger partial charge on any atom is 0.172 e. The molecule has 0 heterocycles. The second-order valence-corrected chi connectivity index (χ2v) is 6.11. The van der Waals surface area contributed by atoms with E-state index in [1.54, 1.807) is 7.11 Å². The molecule has 17 heavy (non-hydrogen) atoms. The summed E-state index contributed by atoms with van der Waals surface area (Å²) >= 11 is 3.33. The third-order valence-electron chi connectivity index (χ3n) is 3.37. The highest BCUT2D eigenvalue weighted by Crippen LogP contribution is 2.44. The molecule has 1 aromatic carbocycles. The fourth-order valence-corrected chi connectivity index (χ4v) is 2.43. The SMILES string of the molecule is COc1cc(CNC2CC2(C)C)cc(Br)c1O. The quantitative estimate of drug-likeness (QED) is 0.898. The average molecular weight is 300 g/mol. The van der Waals surface area contributed by atoms with Crippen LogP contribution in [0.5, 0.6) is 11.5 Å². The third kappa shape index (κ3) is 2.75. The Morgan fingerprint density at radius 1 is 1.53 bits per heavy atom. The Balaban J connectivity index is 2.04. The van der Waals surface area contributed by atoms with E-state index in [0.29, 0.717) is 21.7 Å². The van der Waals surface area contributed by atoms with E-state index in [-0.39, 0.29) is 5.75 Å². The zero-order chi connectivity index (χ0) is 12.6. The smallest absolute Gasteiger partial charge is 0.172 e. The summed E-state index contributed by atoms with van der Waals surface area (Å²) in [7, 11) is 1.56. The summed E-state index contributed by atoms with van der Waals surface area (Å²) in [5.74, 6) is 0.661. The highest BCUT2D eigenvalue weighted by Gasteiger charge is 2.44. The van der Waals surface area contributed by atoms with Crippen LogP contribution in [-0.2, 0) is 6.54 Å². The molecule has 0 radical (unpaired) electrons. The molecule has 1 unspecified atom stereocenters.